The lowest BCUT2D eigenvalue weighted by Gasteiger charge is -2.25. The molecule has 0 saturated carbocycles. The molecule has 5 aromatic rings. The minimum Gasteiger partial charge on any atom is -0.303 e. The van der Waals surface area contributed by atoms with Crippen LogP contribution in [-0.2, 0) is 0 Å². The molecule has 0 aliphatic rings. The number of hydrogen-bond acceptors (Lipinski definition) is 10. The molecule has 0 unspecified atom stereocenters. The molecule has 0 fully saturated rings. The van der Waals surface area contributed by atoms with Crippen LogP contribution in [-0.4, -0.2) is 86.7 Å². The highest BCUT2D eigenvalue weighted by atomic mass is 35.5. The van der Waals surface area contributed by atoms with Crippen molar-refractivity contribution >= 4 is 86.9 Å². The fourth-order valence-corrected chi connectivity index (χ4v) is 6.31. The lowest BCUT2D eigenvalue weighted by Crippen LogP contribution is -2.46. The third kappa shape index (κ3) is 31.8. The van der Waals surface area contributed by atoms with E-state index >= 15 is 0 Å². The Morgan fingerprint density at radius 2 is 0.662 bits per heavy atom. The van der Waals surface area contributed by atoms with Gasteiger partial charge in [-0.25, -0.2) is 0 Å². The van der Waals surface area contributed by atoms with Gasteiger partial charge in [0.25, 0.3) is 0 Å². The van der Waals surface area contributed by atoms with Gasteiger partial charge in [-0.3, -0.25) is 24.0 Å². The molecular weight excluding hydrogens is 1110 g/mol. The summed E-state index contributed by atoms with van der Waals surface area (Å²) < 4.78 is 375. The number of carbonyl (C=O) groups excluding carboxylic acids is 5. The van der Waals surface area contributed by atoms with E-state index < -0.39 is 233 Å². The number of benzene rings is 5. The molecule has 440 valence electrons. The molecule has 0 bridgehead atoms. The number of ketones is 5. The smallest absolute Gasteiger partial charge is 0.179 e. The molecule has 0 heterocycles. The minimum atomic E-state index is -4.12. The first-order chi connectivity index (χ1) is 56.4. The largest absolute Gasteiger partial charge is 0.303 e. The van der Waals surface area contributed by atoms with Crippen molar-refractivity contribution < 1.29 is 91.1 Å². The summed E-state index contributed by atoms with van der Waals surface area (Å²) in [5, 5.41) is 9.18. The van der Waals surface area contributed by atoms with Crippen LogP contribution < -0.4 is 26.6 Å². The molecule has 0 aromatic heterocycles. The van der Waals surface area contributed by atoms with Crippen LogP contribution in [0.25, 0.3) is 0 Å². The highest BCUT2D eigenvalue weighted by Crippen LogP contribution is 2.19. The second-order valence-corrected chi connectivity index (χ2v) is 20.1. The number of carbonyl (C=O) groups is 5. The summed E-state index contributed by atoms with van der Waals surface area (Å²) in [6.07, 6.45) is 0. The van der Waals surface area contributed by atoms with Gasteiger partial charge < -0.3 is 26.6 Å². The molecule has 15 heteroatoms. The van der Waals surface area contributed by atoms with Gasteiger partial charge in [0.15, 0.2) is 28.9 Å². The van der Waals surface area contributed by atoms with Crippen molar-refractivity contribution in [3.8, 4) is 0 Å². The molecule has 5 atom stereocenters. The molecule has 5 N–H and O–H groups in total. The monoisotopic (exact) mass is 1240 g/mol. The third-order valence-corrected chi connectivity index (χ3v) is 9.41. The van der Waals surface area contributed by atoms with E-state index in [0.29, 0.717) is 0 Å². The molecule has 0 aliphatic heterocycles. The van der Waals surface area contributed by atoms with Gasteiger partial charge >= 0.3 is 0 Å². The van der Waals surface area contributed by atoms with Crippen molar-refractivity contribution in [1.82, 2.24) is 26.6 Å². The van der Waals surface area contributed by atoms with E-state index in [-0.39, 0.29) is 36.8 Å². The molecule has 5 aromatic carbocycles. The highest BCUT2D eigenvalue weighted by molar-refractivity contribution is 6.32. The van der Waals surface area contributed by atoms with E-state index in [1.807, 2.05) is 10.6 Å². The zero-order chi connectivity index (χ0) is 103. The van der Waals surface area contributed by atoms with E-state index in [2.05, 4.69) is 10.6 Å². The Morgan fingerprint density at radius 1 is 0.388 bits per heavy atom. The normalized spacial score (nSPS) is 26.4. The number of rotatable bonds is 15. The van der Waals surface area contributed by atoms with Gasteiger partial charge in [0.1, 0.15) is 0 Å². The summed E-state index contributed by atoms with van der Waals surface area (Å²) in [5.41, 5.74) is -14.9. The molecule has 0 spiro atoms. The first kappa shape index (κ1) is 27.2. The maximum atomic E-state index is 13.2. The minimum absolute atomic E-state index is 0.0857. The number of Topliss-reactive ketones (excluding diaryl/α,β-unsaturated/α-hetero) is 5. The highest BCUT2D eigenvalue weighted by Gasteiger charge is 2.25. The zero-order valence-corrected chi connectivity index (χ0v) is 47.6. The molecule has 0 radical (unpaired) electrons. The number of halogens is 5. The van der Waals surface area contributed by atoms with E-state index in [0.717, 1.165) is 19.9 Å². The molecule has 80 heavy (non-hydrogen) atoms. The molecular formula is C65H90Cl5N5O5. The Kier molecular flexibility index (Phi) is 11.2. The van der Waals surface area contributed by atoms with Crippen LogP contribution in [0.4, 0.5) is 0 Å². The maximum Gasteiger partial charge on any atom is 0.179 e. The second kappa shape index (κ2) is 33.1. The predicted molar refractivity (Wildman–Crippen MR) is 341 cm³/mol. The van der Waals surface area contributed by atoms with Gasteiger partial charge in [-0.1, -0.05) is 119 Å². The summed E-state index contributed by atoms with van der Waals surface area (Å²) in [5.74, 6) is -6.34. The fourth-order valence-electron chi connectivity index (χ4n) is 5.45. The average molecular weight is 1250 g/mol. The Hall–Kier alpha value is -4.30. The van der Waals surface area contributed by atoms with Crippen LogP contribution >= 0.6 is 58.0 Å². The van der Waals surface area contributed by atoms with Crippen LogP contribution in [0.15, 0.2) is 121 Å². The first-order valence-electron chi connectivity index (χ1n) is 46.9. The van der Waals surface area contributed by atoms with Gasteiger partial charge in [0, 0.05) is 130 Å². The van der Waals surface area contributed by atoms with E-state index in [4.69, 9.17) is 125 Å². The van der Waals surface area contributed by atoms with E-state index in [1.165, 1.54) is 92.8 Å². The van der Waals surface area contributed by atoms with E-state index in [9.17, 15) is 24.0 Å². The standard InChI is InChI=1S/5C13H18ClNO/c5*1-9(15-13(2,3)4)12(16)10-6-5-7-11(14)8-10/h5*5-9,15H,1-4H3/t5*9-/m11111/s1/i1D3,2D3,3D3,4D3,5D,6D,7D,8D,9D;5D,6D,7D,8D,9D;2D3,3D3,4D3,9D;1D3,2D3,3D3,9D;1D3,2D3,9D. The van der Waals surface area contributed by atoms with Crippen molar-refractivity contribution in [3.05, 3.63) is 174 Å². The molecule has 10 nitrogen and oxygen atoms in total. The Balaban J connectivity index is 0.000000813. The third-order valence-electron chi connectivity index (χ3n) is 8.33. The fraction of sp³-hybridized carbons (Fsp3) is 0.462. The molecule has 5 rings (SSSR count). The Morgan fingerprint density at radius 3 is 0.975 bits per heavy atom. The zero-order valence-electron chi connectivity index (χ0n) is 92.9. The second-order valence-electron chi connectivity index (χ2n) is 18.1. The van der Waals surface area contributed by atoms with Crippen LogP contribution in [0.5, 0.6) is 0 Å². The number of hydrogen-bond donors (Lipinski definition) is 5. The van der Waals surface area contributed by atoms with Crippen LogP contribution in [0.1, 0.15) is 257 Å². The Bertz CT molecular complexity index is 4730. The van der Waals surface area contributed by atoms with Gasteiger partial charge in [-0.05, 0) is 198 Å². The molecule has 0 aliphatic carbocycles. The SMILES string of the molecule is [2H]C([2H])([2H])C(C)(C)N[C@@]([2H])(C(=O)c1cccc(Cl)c1)C([2H])([2H])[2H].[2H]C([2H])([2H])C(C)(N[C@@]([2H])(C(=O)c1cccc(Cl)c1)C([2H])([2H])[2H])C([2H])([2H])[2H].[2H]C([2H])([2H])C(N[C@]([2H])(C)C(=O)c1cccc(Cl)c1)(C([2H])([2H])[2H])C([2H])([2H])[2H].[2H]c1c([2H])c(Cl)c([2H])c(C(=O)[C@@]([2H])(C)NC(C)(C)C)c1[2H].[2H]c1c([2H])c(Cl)c([2H])c(C(=O)[C@]([2H])(NC(C([2H])([2H])[2H])(C([2H])([2H])[2H])C([2H])([2H])[2H])C([2H])([2H])[2H])c1[2H]. The predicted octanol–water partition coefficient (Wildman–Crippen LogP) is 16.5. The van der Waals surface area contributed by atoms with Gasteiger partial charge in [0.05, 0.1) is 47.9 Å². The van der Waals surface area contributed by atoms with Crippen molar-refractivity contribution in [2.45, 2.75) is 195 Å². The van der Waals surface area contributed by atoms with Gasteiger partial charge in [0.2, 0.25) is 0 Å². The van der Waals surface area contributed by atoms with Crippen LogP contribution in [0.2, 0.25) is 25.1 Å². The van der Waals surface area contributed by atoms with Crippen LogP contribution in [0.3, 0.4) is 0 Å². The van der Waals surface area contributed by atoms with Crippen molar-refractivity contribution in [2.24, 2.45) is 0 Å². The number of nitrogens with one attached hydrogen (secondary N) is 5. The topological polar surface area (TPSA) is 146 Å². The van der Waals surface area contributed by atoms with Gasteiger partial charge in [-0.2, -0.15) is 0 Å². The lowest BCUT2D eigenvalue weighted by atomic mass is 10.0. The average Bonchev–Trinajstić information content (AvgIpc) is 0.709. The summed E-state index contributed by atoms with van der Waals surface area (Å²) in [6, 6.07) is -4.76. The first-order valence-corrected chi connectivity index (χ1v) is 24.3. The van der Waals surface area contributed by atoms with Crippen molar-refractivity contribution in [1.29, 1.82) is 0 Å². The summed E-state index contributed by atoms with van der Waals surface area (Å²) in [4.78, 5) is 63.7. The summed E-state index contributed by atoms with van der Waals surface area (Å²) >= 11 is 28.8. The summed E-state index contributed by atoms with van der Waals surface area (Å²) in [7, 11) is 0. The van der Waals surface area contributed by atoms with Gasteiger partial charge in [-0.15, -0.1) is 0 Å². The lowest BCUT2D eigenvalue weighted by molar-refractivity contribution is 0.0929. The molecule has 0 saturated heterocycles. The summed E-state index contributed by atoms with van der Waals surface area (Å²) in [6.45, 7) is -31.5. The Labute approximate surface area is 573 Å². The van der Waals surface area contributed by atoms with Crippen molar-refractivity contribution in [2.75, 3.05) is 0 Å². The maximum absolute atomic E-state index is 13.2. The van der Waals surface area contributed by atoms with Crippen LogP contribution in [0, 0.1) is 0 Å². The van der Waals surface area contributed by atoms with E-state index in [1.54, 1.807) is 20.8 Å². The quantitative estimate of drug-likeness (QED) is 0.0642. The molecule has 0 amide bonds. The van der Waals surface area contributed by atoms with Crippen molar-refractivity contribution in [3.63, 3.8) is 0 Å².